The molecule has 2 amide bonds. The van der Waals surface area contributed by atoms with E-state index in [9.17, 15) is 9.59 Å². The van der Waals surface area contributed by atoms with Gasteiger partial charge in [0.2, 0.25) is 5.89 Å². The van der Waals surface area contributed by atoms with Crippen LogP contribution in [0.1, 0.15) is 20.7 Å². The van der Waals surface area contributed by atoms with Crippen molar-refractivity contribution in [1.82, 2.24) is 10.2 Å². The fraction of sp³-hybridized carbons (Fsp3) is 0.120. The number of amides is 2. The zero-order valence-electron chi connectivity index (χ0n) is 18.9. The maximum absolute atomic E-state index is 12.5. The van der Waals surface area contributed by atoms with Gasteiger partial charge in [0.25, 0.3) is 11.8 Å². The van der Waals surface area contributed by atoms with Crippen LogP contribution in [0.15, 0.2) is 77.2 Å². The smallest absolute Gasteiger partial charge is 0.322 e. The quantitative estimate of drug-likeness (QED) is 0.425. The van der Waals surface area contributed by atoms with Crippen LogP contribution in [0.2, 0.25) is 0 Å². The van der Waals surface area contributed by atoms with E-state index in [1.54, 1.807) is 67.8 Å². The van der Waals surface area contributed by atoms with Crippen molar-refractivity contribution in [3.8, 4) is 17.2 Å². The molecule has 0 bridgehead atoms. The van der Waals surface area contributed by atoms with E-state index in [2.05, 4.69) is 20.8 Å². The van der Waals surface area contributed by atoms with Gasteiger partial charge in [0.05, 0.1) is 7.11 Å². The number of hydrogen-bond donors (Lipinski definition) is 2. The number of nitrogens with zero attached hydrogens (tertiary/aromatic N) is 3. The largest absolute Gasteiger partial charge is 0.497 e. The molecule has 4 rings (SSSR count). The number of hydrogen-bond acceptors (Lipinski definition) is 7. The van der Waals surface area contributed by atoms with E-state index in [0.29, 0.717) is 28.1 Å². The van der Waals surface area contributed by atoms with Crippen molar-refractivity contribution in [2.24, 2.45) is 0 Å². The lowest BCUT2D eigenvalue weighted by molar-refractivity contribution is 0.101. The molecule has 0 atom stereocenters. The number of rotatable bonds is 7. The molecular weight excluding hydrogens is 434 g/mol. The number of anilines is 3. The molecular formula is C25H23N5O4. The number of benzene rings is 3. The minimum atomic E-state index is -0.415. The van der Waals surface area contributed by atoms with E-state index in [-0.39, 0.29) is 17.8 Å². The van der Waals surface area contributed by atoms with Gasteiger partial charge >= 0.3 is 6.01 Å². The summed E-state index contributed by atoms with van der Waals surface area (Å²) in [5, 5.41) is 13.2. The molecule has 1 heterocycles. The molecule has 0 aliphatic rings. The number of aromatic nitrogens is 2. The van der Waals surface area contributed by atoms with Gasteiger partial charge in [-0.15, -0.1) is 5.10 Å². The SMILES string of the molecule is COc1ccc(-c2nnc(NC(=O)c3ccc(NC(=O)c4ccc(N(C)C)cc4)cc3)o2)cc1. The standard InChI is InChI=1S/C25H23N5O4/c1-30(2)20-12-6-17(7-13-20)22(31)26-19-10-4-16(5-11-19)23(32)27-25-29-28-24(34-25)18-8-14-21(33-3)15-9-18/h4-15H,1-3H3,(H,26,31)(H,27,29,32). The molecule has 4 aromatic rings. The van der Waals surface area contributed by atoms with Crippen molar-refractivity contribution < 1.29 is 18.7 Å². The van der Waals surface area contributed by atoms with Gasteiger partial charge in [0, 0.05) is 42.2 Å². The Labute approximate surface area is 196 Å². The lowest BCUT2D eigenvalue weighted by Crippen LogP contribution is -2.14. The predicted octanol–water partition coefficient (Wildman–Crippen LogP) is 4.32. The Bertz CT molecular complexity index is 1280. The third-order valence-electron chi connectivity index (χ3n) is 5.03. The molecule has 0 saturated carbocycles. The van der Waals surface area contributed by atoms with Crippen LogP contribution in [0.3, 0.4) is 0 Å². The summed E-state index contributed by atoms with van der Waals surface area (Å²) in [4.78, 5) is 27.0. The normalized spacial score (nSPS) is 10.4. The monoisotopic (exact) mass is 457 g/mol. The molecule has 1 aromatic heterocycles. The van der Waals surface area contributed by atoms with Crippen molar-refractivity contribution in [1.29, 1.82) is 0 Å². The summed E-state index contributed by atoms with van der Waals surface area (Å²) < 4.78 is 10.7. The molecule has 0 unspecified atom stereocenters. The van der Waals surface area contributed by atoms with E-state index in [1.165, 1.54) is 0 Å². The number of carbonyl (C=O) groups excluding carboxylic acids is 2. The lowest BCUT2D eigenvalue weighted by Gasteiger charge is -2.12. The van der Waals surface area contributed by atoms with Gasteiger partial charge in [-0.2, -0.15) is 0 Å². The van der Waals surface area contributed by atoms with Crippen molar-refractivity contribution in [3.05, 3.63) is 83.9 Å². The first-order valence-corrected chi connectivity index (χ1v) is 10.4. The molecule has 3 aromatic carbocycles. The summed E-state index contributed by atoms with van der Waals surface area (Å²) in [6.07, 6.45) is 0. The van der Waals surface area contributed by atoms with E-state index >= 15 is 0 Å². The van der Waals surface area contributed by atoms with Crippen molar-refractivity contribution in [2.45, 2.75) is 0 Å². The Balaban J connectivity index is 1.36. The highest BCUT2D eigenvalue weighted by Gasteiger charge is 2.14. The highest BCUT2D eigenvalue weighted by Crippen LogP contribution is 2.23. The van der Waals surface area contributed by atoms with Crippen LogP contribution in [0.5, 0.6) is 5.75 Å². The zero-order chi connectivity index (χ0) is 24.1. The molecule has 172 valence electrons. The Morgan fingerprint density at radius 2 is 1.38 bits per heavy atom. The third-order valence-corrected chi connectivity index (χ3v) is 5.03. The molecule has 34 heavy (non-hydrogen) atoms. The molecule has 9 heteroatoms. The second-order valence-electron chi connectivity index (χ2n) is 7.57. The number of carbonyl (C=O) groups is 2. The van der Waals surface area contributed by atoms with Gasteiger partial charge in [-0.3, -0.25) is 14.9 Å². The summed E-state index contributed by atoms with van der Waals surface area (Å²) >= 11 is 0. The van der Waals surface area contributed by atoms with Crippen LogP contribution in [0.25, 0.3) is 11.5 Å². The van der Waals surface area contributed by atoms with Gasteiger partial charge in [-0.05, 0) is 72.8 Å². The van der Waals surface area contributed by atoms with Crippen LogP contribution in [-0.2, 0) is 0 Å². The Kier molecular flexibility index (Phi) is 6.54. The fourth-order valence-corrected chi connectivity index (χ4v) is 3.11. The molecule has 9 nitrogen and oxygen atoms in total. The van der Waals surface area contributed by atoms with Crippen LogP contribution >= 0.6 is 0 Å². The van der Waals surface area contributed by atoms with E-state index in [1.807, 2.05) is 31.1 Å². The van der Waals surface area contributed by atoms with Gasteiger partial charge in [-0.25, -0.2) is 0 Å². The maximum Gasteiger partial charge on any atom is 0.322 e. The second-order valence-corrected chi connectivity index (χ2v) is 7.57. The van der Waals surface area contributed by atoms with E-state index in [4.69, 9.17) is 9.15 Å². The van der Waals surface area contributed by atoms with Crippen molar-refractivity contribution in [2.75, 3.05) is 36.7 Å². The molecule has 0 aliphatic carbocycles. The minimum absolute atomic E-state index is 0.0191. The Morgan fingerprint density at radius 1 is 0.794 bits per heavy atom. The lowest BCUT2D eigenvalue weighted by atomic mass is 10.1. The van der Waals surface area contributed by atoms with E-state index < -0.39 is 5.91 Å². The molecule has 0 radical (unpaired) electrons. The average molecular weight is 457 g/mol. The van der Waals surface area contributed by atoms with E-state index in [0.717, 1.165) is 5.69 Å². The minimum Gasteiger partial charge on any atom is -0.497 e. The Hall–Kier alpha value is -4.66. The van der Waals surface area contributed by atoms with Crippen LogP contribution < -0.4 is 20.3 Å². The maximum atomic E-state index is 12.5. The second kappa shape index (κ2) is 9.86. The van der Waals surface area contributed by atoms with Gasteiger partial charge in [0.15, 0.2) is 0 Å². The molecule has 2 N–H and O–H groups in total. The van der Waals surface area contributed by atoms with Crippen LogP contribution in [0.4, 0.5) is 17.4 Å². The van der Waals surface area contributed by atoms with Crippen molar-refractivity contribution in [3.63, 3.8) is 0 Å². The first-order valence-electron chi connectivity index (χ1n) is 10.4. The van der Waals surface area contributed by atoms with Gasteiger partial charge in [-0.1, -0.05) is 5.10 Å². The predicted molar refractivity (Wildman–Crippen MR) is 129 cm³/mol. The van der Waals surface area contributed by atoms with Crippen LogP contribution in [-0.4, -0.2) is 43.2 Å². The summed E-state index contributed by atoms with van der Waals surface area (Å²) in [5.41, 5.74) is 3.18. The molecule has 0 aliphatic heterocycles. The molecule has 0 fully saturated rings. The van der Waals surface area contributed by atoms with Crippen molar-refractivity contribution >= 4 is 29.2 Å². The summed E-state index contributed by atoms with van der Waals surface area (Å²) in [6, 6.07) is 20.9. The average Bonchev–Trinajstić information content (AvgIpc) is 3.33. The number of nitrogens with one attached hydrogen (secondary N) is 2. The summed E-state index contributed by atoms with van der Waals surface area (Å²) in [5.74, 6) is 0.329. The fourth-order valence-electron chi connectivity index (χ4n) is 3.11. The molecule has 0 saturated heterocycles. The zero-order valence-corrected chi connectivity index (χ0v) is 18.9. The number of ether oxygens (including phenoxy) is 1. The highest BCUT2D eigenvalue weighted by atomic mass is 16.5. The first-order chi connectivity index (χ1) is 16.4. The Morgan fingerprint density at radius 3 is 1.97 bits per heavy atom. The summed E-state index contributed by atoms with van der Waals surface area (Å²) in [7, 11) is 5.45. The highest BCUT2D eigenvalue weighted by molar-refractivity contribution is 6.06. The van der Waals surface area contributed by atoms with Gasteiger partial charge < -0.3 is 19.4 Å². The molecule has 0 spiro atoms. The third kappa shape index (κ3) is 5.21. The number of methoxy groups -OCH3 is 1. The first kappa shape index (κ1) is 22.5. The van der Waals surface area contributed by atoms with Gasteiger partial charge in [0.1, 0.15) is 5.75 Å². The topological polar surface area (TPSA) is 110 Å². The van der Waals surface area contributed by atoms with Crippen LogP contribution in [0, 0.1) is 0 Å². The summed E-state index contributed by atoms with van der Waals surface area (Å²) in [6.45, 7) is 0.